The zero-order valence-electron chi connectivity index (χ0n) is 10.4. The number of amides is 1. The molecule has 0 aliphatic heterocycles. The molecule has 1 rings (SSSR count). The molecule has 0 radical (unpaired) electrons. The Labute approximate surface area is 108 Å². The van der Waals surface area contributed by atoms with Crippen molar-refractivity contribution in [2.24, 2.45) is 0 Å². The standard InChI is InChI=1S/C12H22ClNO3/c1-16-7-8-17-9-12(15)14-11-6-4-2-3-5-10(11)13/h10-11H,2-9H2,1H3,(H,14,15). The average molecular weight is 264 g/mol. The summed E-state index contributed by atoms with van der Waals surface area (Å²) in [7, 11) is 1.60. The van der Waals surface area contributed by atoms with Crippen molar-refractivity contribution in [1.29, 1.82) is 0 Å². The average Bonchev–Trinajstić information content (AvgIpc) is 2.51. The van der Waals surface area contributed by atoms with Crippen LogP contribution in [-0.4, -0.2) is 44.3 Å². The van der Waals surface area contributed by atoms with Crippen LogP contribution in [-0.2, 0) is 14.3 Å². The Balaban J connectivity index is 2.19. The molecule has 1 fully saturated rings. The van der Waals surface area contributed by atoms with E-state index in [0.29, 0.717) is 13.2 Å². The lowest BCUT2D eigenvalue weighted by Crippen LogP contribution is -2.42. The molecule has 0 aromatic rings. The van der Waals surface area contributed by atoms with Gasteiger partial charge in [-0.15, -0.1) is 11.6 Å². The van der Waals surface area contributed by atoms with E-state index in [1.807, 2.05) is 0 Å². The van der Waals surface area contributed by atoms with Gasteiger partial charge in [0.1, 0.15) is 6.61 Å². The molecule has 1 aliphatic carbocycles. The molecule has 4 nitrogen and oxygen atoms in total. The highest BCUT2D eigenvalue weighted by Gasteiger charge is 2.23. The molecule has 0 aromatic carbocycles. The summed E-state index contributed by atoms with van der Waals surface area (Å²) in [6.45, 7) is 1.04. The number of carbonyl (C=O) groups excluding carboxylic acids is 1. The van der Waals surface area contributed by atoms with Crippen LogP contribution in [0.5, 0.6) is 0 Å². The van der Waals surface area contributed by atoms with Crippen molar-refractivity contribution in [3.05, 3.63) is 0 Å². The quantitative estimate of drug-likeness (QED) is 0.451. The van der Waals surface area contributed by atoms with Crippen LogP contribution in [0.15, 0.2) is 0 Å². The van der Waals surface area contributed by atoms with E-state index in [2.05, 4.69) is 5.32 Å². The smallest absolute Gasteiger partial charge is 0.246 e. The number of hydrogen-bond acceptors (Lipinski definition) is 3. The molecular weight excluding hydrogens is 242 g/mol. The lowest BCUT2D eigenvalue weighted by molar-refractivity contribution is -0.126. The zero-order chi connectivity index (χ0) is 12.5. The summed E-state index contributed by atoms with van der Waals surface area (Å²) in [5.74, 6) is -0.0846. The minimum Gasteiger partial charge on any atom is -0.382 e. The largest absolute Gasteiger partial charge is 0.382 e. The van der Waals surface area contributed by atoms with Gasteiger partial charge < -0.3 is 14.8 Å². The van der Waals surface area contributed by atoms with Gasteiger partial charge in [0.05, 0.1) is 18.6 Å². The molecule has 0 spiro atoms. The summed E-state index contributed by atoms with van der Waals surface area (Å²) in [6, 6.07) is 0.0951. The molecule has 1 amide bonds. The van der Waals surface area contributed by atoms with E-state index in [1.54, 1.807) is 7.11 Å². The molecular formula is C12H22ClNO3. The summed E-state index contributed by atoms with van der Waals surface area (Å²) >= 11 is 6.24. The Morgan fingerprint density at radius 2 is 2.06 bits per heavy atom. The van der Waals surface area contributed by atoms with Crippen LogP contribution in [0.4, 0.5) is 0 Å². The molecule has 0 heterocycles. The second kappa shape index (κ2) is 8.72. The fourth-order valence-corrected chi connectivity index (χ4v) is 2.32. The van der Waals surface area contributed by atoms with Crippen molar-refractivity contribution < 1.29 is 14.3 Å². The Morgan fingerprint density at radius 3 is 2.82 bits per heavy atom. The summed E-state index contributed by atoms with van der Waals surface area (Å²) in [5, 5.41) is 3.00. The predicted molar refractivity (Wildman–Crippen MR) is 67.4 cm³/mol. The molecule has 5 heteroatoms. The maximum atomic E-state index is 11.6. The Morgan fingerprint density at radius 1 is 1.29 bits per heavy atom. The molecule has 2 unspecified atom stereocenters. The first kappa shape index (κ1) is 14.7. The van der Waals surface area contributed by atoms with E-state index in [-0.39, 0.29) is 23.9 Å². The number of halogens is 1. The molecule has 0 bridgehead atoms. The van der Waals surface area contributed by atoms with Gasteiger partial charge in [-0.2, -0.15) is 0 Å². The predicted octanol–water partition coefficient (Wildman–Crippen LogP) is 1.71. The third-order valence-corrected chi connectivity index (χ3v) is 3.47. The first-order chi connectivity index (χ1) is 8.24. The summed E-state index contributed by atoms with van der Waals surface area (Å²) < 4.78 is 9.99. The number of methoxy groups -OCH3 is 1. The van der Waals surface area contributed by atoms with Crippen LogP contribution in [0.2, 0.25) is 0 Å². The Kier molecular flexibility index (Phi) is 7.56. The second-order valence-electron chi connectivity index (χ2n) is 4.37. The number of nitrogens with one attached hydrogen (secondary N) is 1. The molecule has 1 aliphatic rings. The van der Waals surface area contributed by atoms with Crippen molar-refractivity contribution >= 4 is 17.5 Å². The molecule has 17 heavy (non-hydrogen) atoms. The van der Waals surface area contributed by atoms with Crippen molar-refractivity contribution in [3.63, 3.8) is 0 Å². The molecule has 1 saturated carbocycles. The van der Waals surface area contributed by atoms with Crippen LogP contribution in [0, 0.1) is 0 Å². The first-order valence-corrected chi connectivity index (χ1v) is 6.68. The van der Waals surface area contributed by atoms with Crippen molar-refractivity contribution in [2.75, 3.05) is 26.9 Å². The zero-order valence-corrected chi connectivity index (χ0v) is 11.2. The van der Waals surface area contributed by atoms with Crippen LogP contribution >= 0.6 is 11.6 Å². The van der Waals surface area contributed by atoms with E-state index in [9.17, 15) is 4.79 Å². The highest BCUT2D eigenvalue weighted by molar-refractivity contribution is 6.21. The van der Waals surface area contributed by atoms with E-state index < -0.39 is 0 Å². The van der Waals surface area contributed by atoms with Crippen molar-refractivity contribution in [3.8, 4) is 0 Å². The fourth-order valence-electron chi connectivity index (χ4n) is 1.98. The second-order valence-corrected chi connectivity index (χ2v) is 4.93. The lowest BCUT2D eigenvalue weighted by Gasteiger charge is -2.21. The fraction of sp³-hybridized carbons (Fsp3) is 0.917. The molecule has 1 N–H and O–H groups in total. The molecule has 100 valence electrons. The van der Waals surface area contributed by atoms with Gasteiger partial charge in [0.2, 0.25) is 5.91 Å². The van der Waals surface area contributed by atoms with Gasteiger partial charge in [-0.1, -0.05) is 19.3 Å². The minimum absolute atomic E-state index is 0.0559. The van der Waals surface area contributed by atoms with Crippen molar-refractivity contribution in [2.45, 2.75) is 43.5 Å². The number of hydrogen-bond donors (Lipinski definition) is 1. The minimum atomic E-state index is -0.0846. The number of ether oxygens (including phenoxy) is 2. The van der Waals surface area contributed by atoms with Gasteiger partial charge in [-0.05, 0) is 12.8 Å². The van der Waals surface area contributed by atoms with Gasteiger partial charge >= 0.3 is 0 Å². The van der Waals surface area contributed by atoms with Gasteiger partial charge in [-0.25, -0.2) is 0 Å². The molecule has 0 saturated heterocycles. The highest BCUT2D eigenvalue weighted by Crippen LogP contribution is 2.22. The molecule has 0 aromatic heterocycles. The van der Waals surface area contributed by atoms with Gasteiger partial charge in [-0.3, -0.25) is 4.79 Å². The van der Waals surface area contributed by atoms with Crippen LogP contribution in [0.25, 0.3) is 0 Å². The molecule has 2 atom stereocenters. The number of carbonyl (C=O) groups is 1. The van der Waals surface area contributed by atoms with Crippen LogP contribution in [0.1, 0.15) is 32.1 Å². The topological polar surface area (TPSA) is 47.6 Å². The van der Waals surface area contributed by atoms with E-state index in [1.165, 1.54) is 6.42 Å². The maximum absolute atomic E-state index is 11.6. The maximum Gasteiger partial charge on any atom is 0.246 e. The Hall–Kier alpha value is -0.320. The van der Waals surface area contributed by atoms with E-state index >= 15 is 0 Å². The SMILES string of the molecule is COCCOCC(=O)NC1CCCCCC1Cl. The summed E-state index contributed by atoms with van der Waals surface area (Å²) in [5.41, 5.74) is 0. The van der Waals surface area contributed by atoms with Gasteiger partial charge in [0, 0.05) is 13.2 Å². The van der Waals surface area contributed by atoms with E-state index in [4.69, 9.17) is 21.1 Å². The first-order valence-electron chi connectivity index (χ1n) is 6.24. The van der Waals surface area contributed by atoms with Gasteiger partial charge in [0.25, 0.3) is 0 Å². The Bertz CT molecular complexity index is 226. The number of alkyl halides is 1. The van der Waals surface area contributed by atoms with Gasteiger partial charge in [0.15, 0.2) is 0 Å². The summed E-state index contributed by atoms with van der Waals surface area (Å²) in [4.78, 5) is 11.6. The normalized spacial score (nSPS) is 25.3. The highest BCUT2D eigenvalue weighted by atomic mass is 35.5. The van der Waals surface area contributed by atoms with Crippen molar-refractivity contribution in [1.82, 2.24) is 5.32 Å². The monoisotopic (exact) mass is 263 g/mol. The lowest BCUT2D eigenvalue weighted by atomic mass is 10.1. The van der Waals surface area contributed by atoms with Crippen LogP contribution < -0.4 is 5.32 Å². The third kappa shape index (κ3) is 6.24. The van der Waals surface area contributed by atoms with Crippen LogP contribution in [0.3, 0.4) is 0 Å². The number of rotatable bonds is 6. The third-order valence-electron chi connectivity index (χ3n) is 2.94. The summed E-state index contributed by atoms with van der Waals surface area (Å²) in [6.07, 6.45) is 5.46. The van der Waals surface area contributed by atoms with E-state index in [0.717, 1.165) is 25.7 Å².